The Morgan fingerprint density at radius 3 is 1.48 bits per heavy atom. The van der Waals surface area contributed by atoms with E-state index in [9.17, 15) is 29.4 Å². The van der Waals surface area contributed by atoms with E-state index >= 15 is 0 Å². The standard InChI is InChI=1S/C32H26N2O8/c1-41-25(35)15-21(17-7-9-23-19(13-17)5-3-11-33-23)27-29(37)31(39)28(32(40)30(27)38)22(16-26(36)42-2)18-8-10-24-20(14-18)6-4-12-34-24/h3-14,21-22,37,40H,15-16H2,1-2H3/t21-,22+. The lowest BCUT2D eigenvalue weighted by molar-refractivity contribution is -0.142. The van der Waals surface area contributed by atoms with E-state index in [1.54, 1.807) is 73.1 Å². The van der Waals surface area contributed by atoms with Gasteiger partial charge in [0.1, 0.15) is 0 Å². The molecule has 2 heterocycles. The van der Waals surface area contributed by atoms with Gasteiger partial charge in [-0.05, 0) is 47.5 Å². The third kappa shape index (κ3) is 5.22. The van der Waals surface area contributed by atoms with Crippen LogP contribution in [0.5, 0.6) is 0 Å². The van der Waals surface area contributed by atoms with Gasteiger partial charge < -0.3 is 19.7 Å². The molecular formula is C32H26N2O8. The monoisotopic (exact) mass is 566 g/mol. The number of allylic oxidation sites excluding steroid dienone is 2. The average Bonchev–Trinajstić information content (AvgIpc) is 3.02. The second kappa shape index (κ2) is 11.6. The quantitative estimate of drug-likeness (QED) is 0.229. The van der Waals surface area contributed by atoms with Crippen LogP contribution in [0, 0.1) is 0 Å². The number of ketones is 2. The largest absolute Gasteiger partial charge is 0.504 e. The second-order valence-corrected chi connectivity index (χ2v) is 9.76. The van der Waals surface area contributed by atoms with E-state index in [0.29, 0.717) is 32.9 Å². The molecule has 4 aromatic rings. The highest BCUT2D eigenvalue weighted by Gasteiger charge is 2.43. The van der Waals surface area contributed by atoms with Gasteiger partial charge in [0, 0.05) is 35.0 Å². The van der Waals surface area contributed by atoms with Crippen LogP contribution >= 0.6 is 0 Å². The van der Waals surface area contributed by atoms with Crippen LogP contribution in [0.1, 0.15) is 35.8 Å². The highest BCUT2D eigenvalue weighted by Crippen LogP contribution is 2.41. The first-order valence-electron chi connectivity index (χ1n) is 13.0. The van der Waals surface area contributed by atoms with Crippen molar-refractivity contribution in [3.05, 3.63) is 107 Å². The fourth-order valence-electron chi connectivity index (χ4n) is 5.26. The molecule has 0 aliphatic heterocycles. The van der Waals surface area contributed by atoms with Gasteiger partial charge in [0.15, 0.2) is 11.5 Å². The first-order chi connectivity index (χ1) is 20.2. The third-order valence-corrected chi connectivity index (χ3v) is 7.38. The molecule has 0 bridgehead atoms. The highest BCUT2D eigenvalue weighted by molar-refractivity contribution is 6.24. The maximum Gasteiger partial charge on any atom is 0.306 e. The predicted molar refractivity (Wildman–Crippen MR) is 152 cm³/mol. The molecule has 10 heteroatoms. The Hall–Kier alpha value is -5.38. The van der Waals surface area contributed by atoms with Crippen LogP contribution in [-0.4, -0.2) is 57.9 Å². The van der Waals surface area contributed by atoms with Crippen LogP contribution in [0.25, 0.3) is 21.8 Å². The molecule has 0 saturated heterocycles. The van der Waals surface area contributed by atoms with Gasteiger partial charge in [-0.2, -0.15) is 0 Å². The number of aromatic nitrogens is 2. The maximum absolute atomic E-state index is 13.8. The number of benzene rings is 2. The Morgan fingerprint density at radius 2 is 1.10 bits per heavy atom. The van der Waals surface area contributed by atoms with Crippen molar-refractivity contribution in [2.45, 2.75) is 24.7 Å². The normalized spacial score (nSPS) is 15.2. The summed E-state index contributed by atoms with van der Waals surface area (Å²) >= 11 is 0. The number of aliphatic hydroxyl groups is 2. The summed E-state index contributed by atoms with van der Waals surface area (Å²) < 4.78 is 9.66. The lowest BCUT2D eigenvalue weighted by Gasteiger charge is -2.27. The fraction of sp³-hybridized carbons (Fsp3) is 0.188. The predicted octanol–water partition coefficient (Wildman–Crippen LogP) is 4.55. The molecule has 1 aliphatic carbocycles. The zero-order chi connectivity index (χ0) is 30.0. The number of ether oxygens (including phenoxy) is 2. The Kier molecular flexibility index (Phi) is 7.79. The molecule has 0 radical (unpaired) electrons. The van der Waals surface area contributed by atoms with Crippen molar-refractivity contribution >= 4 is 45.3 Å². The summed E-state index contributed by atoms with van der Waals surface area (Å²) in [6.45, 7) is 0. The number of pyridine rings is 2. The Bertz CT molecular complexity index is 1690. The molecule has 2 atom stereocenters. The van der Waals surface area contributed by atoms with E-state index < -0.39 is 70.8 Å². The summed E-state index contributed by atoms with van der Waals surface area (Å²) in [4.78, 5) is 61.0. The van der Waals surface area contributed by atoms with Gasteiger partial charge in [-0.15, -0.1) is 0 Å². The van der Waals surface area contributed by atoms with Crippen LogP contribution in [0.2, 0.25) is 0 Å². The summed E-state index contributed by atoms with van der Waals surface area (Å²) in [5, 5.41) is 23.9. The van der Waals surface area contributed by atoms with Gasteiger partial charge in [-0.1, -0.05) is 24.3 Å². The first-order valence-corrected chi connectivity index (χ1v) is 13.0. The smallest absolute Gasteiger partial charge is 0.306 e. The van der Waals surface area contributed by atoms with Crippen LogP contribution in [0.3, 0.4) is 0 Å². The highest BCUT2D eigenvalue weighted by atomic mass is 16.5. The lowest BCUT2D eigenvalue weighted by Crippen LogP contribution is -2.31. The van der Waals surface area contributed by atoms with Gasteiger partial charge in [-0.3, -0.25) is 29.1 Å². The van der Waals surface area contributed by atoms with Crippen molar-refractivity contribution in [1.29, 1.82) is 0 Å². The van der Waals surface area contributed by atoms with E-state index in [0.717, 1.165) is 0 Å². The molecule has 10 nitrogen and oxygen atoms in total. The summed E-state index contributed by atoms with van der Waals surface area (Å²) in [6.07, 6.45) is 2.44. The summed E-state index contributed by atoms with van der Waals surface area (Å²) in [5.74, 6) is -7.60. The molecule has 0 fully saturated rings. The number of fused-ring (bicyclic) bond motifs is 2. The van der Waals surface area contributed by atoms with Crippen LogP contribution in [0.15, 0.2) is 95.7 Å². The molecule has 0 saturated carbocycles. The SMILES string of the molecule is COC(=O)C[C@H](C1=C(O)C(=O)C([C@H](CC(=O)OC)c2ccc3ncccc3c2)=C(O)C1=O)c1ccc2ncccc2c1. The molecule has 2 N–H and O–H groups in total. The van der Waals surface area contributed by atoms with Crippen molar-refractivity contribution in [2.75, 3.05) is 14.2 Å². The number of carbonyl (C=O) groups excluding carboxylic acids is 4. The number of hydrogen-bond acceptors (Lipinski definition) is 10. The average molecular weight is 567 g/mol. The zero-order valence-electron chi connectivity index (χ0n) is 22.7. The lowest BCUT2D eigenvalue weighted by atomic mass is 9.75. The second-order valence-electron chi connectivity index (χ2n) is 9.76. The Labute approximate surface area is 239 Å². The number of nitrogens with zero attached hydrogens (tertiary/aromatic N) is 2. The molecule has 2 aromatic heterocycles. The van der Waals surface area contributed by atoms with Crippen molar-refractivity contribution in [3.8, 4) is 0 Å². The number of aliphatic hydroxyl groups excluding tert-OH is 2. The third-order valence-electron chi connectivity index (χ3n) is 7.38. The fourth-order valence-corrected chi connectivity index (χ4v) is 5.26. The van der Waals surface area contributed by atoms with Gasteiger partial charge in [0.25, 0.3) is 0 Å². The van der Waals surface area contributed by atoms with Crippen LogP contribution < -0.4 is 0 Å². The zero-order valence-corrected chi connectivity index (χ0v) is 22.7. The summed E-state index contributed by atoms with van der Waals surface area (Å²) in [6, 6.07) is 17.0. The topological polar surface area (TPSA) is 153 Å². The van der Waals surface area contributed by atoms with Gasteiger partial charge in [0.2, 0.25) is 11.6 Å². The van der Waals surface area contributed by atoms with E-state index in [1.165, 1.54) is 14.2 Å². The van der Waals surface area contributed by atoms with Crippen molar-refractivity contribution in [2.24, 2.45) is 0 Å². The molecule has 1 aliphatic rings. The number of carbonyl (C=O) groups is 4. The number of hydrogen-bond donors (Lipinski definition) is 2. The van der Waals surface area contributed by atoms with E-state index in [2.05, 4.69) is 9.97 Å². The first kappa shape index (κ1) is 28.2. The Morgan fingerprint density at radius 1 is 0.690 bits per heavy atom. The number of esters is 2. The van der Waals surface area contributed by atoms with Gasteiger partial charge >= 0.3 is 11.9 Å². The van der Waals surface area contributed by atoms with E-state index in [-0.39, 0.29) is 0 Å². The van der Waals surface area contributed by atoms with Crippen molar-refractivity contribution in [1.82, 2.24) is 9.97 Å². The Balaban J connectivity index is 1.63. The van der Waals surface area contributed by atoms with Crippen molar-refractivity contribution in [3.63, 3.8) is 0 Å². The van der Waals surface area contributed by atoms with Crippen LogP contribution in [-0.2, 0) is 28.7 Å². The minimum absolute atomic E-state index is 0.396. The molecule has 0 amide bonds. The number of methoxy groups -OCH3 is 2. The van der Waals surface area contributed by atoms with Crippen LogP contribution in [0.4, 0.5) is 0 Å². The molecule has 42 heavy (non-hydrogen) atoms. The van der Waals surface area contributed by atoms with E-state index in [1.807, 2.05) is 0 Å². The molecule has 0 unspecified atom stereocenters. The molecular weight excluding hydrogens is 540 g/mol. The maximum atomic E-state index is 13.8. The van der Waals surface area contributed by atoms with Gasteiger partial charge in [-0.25, -0.2) is 0 Å². The minimum Gasteiger partial charge on any atom is -0.504 e. The minimum atomic E-state index is -1.13. The molecule has 5 rings (SSSR count). The molecule has 0 spiro atoms. The van der Waals surface area contributed by atoms with Gasteiger partial charge in [0.05, 0.1) is 49.2 Å². The number of rotatable bonds is 8. The van der Waals surface area contributed by atoms with E-state index in [4.69, 9.17) is 9.47 Å². The molecule has 212 valence electrons. The summed E-state index contributed by atoms with van der Waals surface area (Å²) in [5.41, 5.74) is 1.26. The van der Waals surface area contributed by atoms with Crippen molar-refractivity contribution < 1.29 is 38.9 Å². The summed E-state index contributed by atoms with van der Waals surface area (Å²) in [7, 11) is 2.36. The molecule has 2 aromatic carbocycles. The number of Topliss-reactive ketones (excluding diaryl/α,β-unsaturated/α-hetero) is 2.